The summed E-state index contributed by atoms with van der Waals surface area (Å²) in [5.41, 5.74) is 0.384. The van der Waals surface area contributed by atoms with Crippen molar-refractivity contribution in [3.05, 3.63) is 22.6 Å². The van der Waals surface area contributed by atoms with Crippen molar-refractivity contribution in [2.45, 2.75) is 26.8 Å². The summed E-state index contributed by atoms with van der Waals surface area (Å²) in [6, 6.07) is 0.993. The molecule has 0 spiro atoms. The molecule has 0 aliphatic rings. The van der Waals surface area contributed by atoms with Gasteiger partial charge in [0.1, 0.15) is 6.04 Å². The lowest BCUT2D eigenvalue weighted by molar-refractivity contribution is -0.132. The second kappa shape index (κ2) is 6.58. The summed E-state index contributed by atoms with van der Waals surface area (Å²) < 4.78 is 5.34. The van der Waals surface area contributed by atoms with E-state index in [1.54, 1.807) is 17.9 Å². The first-order valence-electron chi connectivity index (χ1n) is 5.83. The maximum Gasteiger partial charge on any atom is 0.256 e. The van der Waals surface area contributed by atoms with Gasteiger partial charge in [-0.3, -0.25) is 9.59 Å². The van der Waals surface area contributed by atoms with E-state index in [0.717, 1.165) is 0 Å². The van der Waals surface area contributed by atoms with Crippen molar-refractivity contribution >= 4 is 27.7 Å². The number of furan rings is 1. The number of amides is 2. The molecule has 1 unspecified atom stereocenters. The Hall–Kier alpha value is -1.30. The van der Waals surface area contributed by atoms with Crippen LogP contribution in [0, 0.1) is 0 Å². The van der Waals surface area contributed by atoms with Crippen molar-refractivity contribution in [3.8, 4) is 0 Å². The van der Waals surface area contributed by atoms with E-state index in [1.165, 1.54) is 6.26 Å². The van der Waals surface area contributed by atoms with Gasteiger partial charge in [0, 0.05) is 13.1 Å². The highest BCUT2D eigenvalue weighted by molar-refractivity contribution is 9.10. The van der Waals surface area contributed by atoms with Crippen LogP contribution < -0.4 is 5.32 Å². The Labute approximate surface area is 115 Å². The number of rotatable bonds is 5. The highest BCUT2D eigenvalue weighted by Crippen LogP contribution is 2.17. The van der Waals surface area contributed by atoms with Crippen LogP contribution in [0.25, 0.3) is 0 Å². The first-order chi connectivity index (χ1) is 8.51. The average Bonchev–Trinajstić information content (AvgIpc) is 2.76. The fraction of sp³-hybridized carbons (Fsp3) is 0.500. The van der Waals surface area contributed by atoms with Crippen LogP contribution in [0.2, 0.25) is 0 Å². The molecule has 18 heavy (non-hydrogen) atoms. The number of nitrogens with zero attached hydrogens (tertiary/aromatic N) is 1. The van der Waals surface area contributed by atoms with E-state index in [1.807, 2.05) is 13.8 Å². The maximum atomic E-state index is 12.0. The molecule has 0 aromatic carbocycles. The summed E-state index contributed by atoms with van der Waals surface area (Å²) in [4.78, 5) is 25.5. The molecular formula is C12H17BrN2O3. The van der Waals surface area contributed by atoms with Gasteiger partial charge in [0.05, 0.1) is 11.8 Å². The average molecular weight is 317 g/mol. The fourth-order valence-electron chi connectivity index (χ4n) is 1.60. The van der Waals surface area contributed by atoms with Crippen LogP contribution in [0.3, 0.4) is 0 Å². The predicted octanol–water partition coefficient (Wildman–Crippen LogP) is 2.03. The minimum Gasteiger partial charge on any atom is -0.457 e. The van der Waals surface area contributed by atoms with Crippen molar-refractivity contribution < 1.29 is 14.0 Å². The normalized spacial score (nSPS) is 12.0. The highest BCUT2D eigenvalue weighted by atomic mass is 79.9. The molecule has 1 heterocycles. The van der Waals surface area contributed by atoms with Gasteiger partial charge in [0.25, 0.3) is 5.91 Å². The van der Waals surface area contributed by atoms with Gasteiger partial charge >= 0.3 is 0 Å². The minimum absolute atomic E-state index is 0.0898. The summed E-state index contributed by atoms with van der Waals surface area (Å²) in [7, 11) is 0. The lowest BCUT2D eigenvalue weighted by Crippen LogP contribution is -2.46. The number of halogens is 1. The second-order valence-corrected chi connectivity index (χ2v) is 4.53. The zero-order chi connectivity index (χ0) is 13.7. The lowest BCUT2D eigenvalue weighted by Gasteiger charge is -2.23. The van der Waals surface area contributed by atoms with Crippen LogP contribution in [0.4, 0.5) is 0 Å². The van der Waals surface area contributed by atoms with E-state index < -0.39 is 6.04 Å². The largest absolute Gasteiger partial charge is 0.457 e. The van der Waals surface area contributed by atoms with Crippen molar-refractivity contribution in [1.29, 1.82) is 0 Å². The van der Waals surface area contributed by atoms with Crippen molar-refractivity contribution in [2.75, 3.05) is 13.1 Å². The molecule has 1 N–H and O–H groups in total. The Morgan fingerprint density at radius 1 is 1.44 bits per heavy atom. The van der Waals surface area contributed by atoms with Crippen LogP contribution >= 0.6 is 15.9 Å². The molecule has 0 aliphatic heterocycles. The van der Waals surface area contributed by atoms with Crippen LogP contribution in [0.5, 0.6) is 0 Å². The lowest BCUT2D eigenvalue weighted by atomic mass is 10.2. The topological polar surface area (TPSA) is 62.6 Å². The van der Waals surface area contributed by atoms with E-state index in [-0.39, 0.29) is 11.8 Å². The first-order valence-corrected chi connectivity index (χ1v) is 6.63. The number of carbonyl (C=O) groups is 2. The molecule has 0 bridgehead atoms. The van der Waals surface area contributed by atoms with Crippen molar-refractivity contribution in [3.63, 3.8) is 0 Å². The summed E-state index contributed by atoms with van der Waals surface area (Å²) in [6.45, 7) is 6.74. The third kappa shape index (κ3) is 3.35. The Morgan fingerprint density at radius 2 is 2.06 bits per heavy atom. The quantitative estimate of drug-likeness (QED) is 0.904. The molecule has 1 atom stereocenters. The SMILES string of the molecule is CCN(CC)C(=O)C(C)NC(=O)c1ccoc1Br. The van der Waals surface area contributed by atoms with Gasteiger partial charge in [0.15, 0.2) is 4.67 Å². The number of likely N-dealkylation sites (N-methyl/N-ethyl adjacent to an activating group) is 1. The Kier molecular flexibility index (Phi) is 5.40. The van der Waals surface area contributed by atoms with Crippen molar-refractivity contribution in [2.24, 2.45) is 0 Å². The molecule has 0 fully saturated rings. The molecule has 1 aromatic rings. The first kappa shape index (κ1) is 14.8. The fourth-order valence-corrected chi connectivity index (χ4v) is 2.02. The Bertz CT molecular complexity index is 427. The number of hydrogen-bond donors (Lipinski definition) is 1. The summed E-state index contributed by atoms with van der Waals surface area (Å²) in [6.07, 6.45) is 1.41. The second-order valence-electron chi connectivity index (χ2n) is 3.81. The van der Waals surface area contributed by atoms with Crippen LogP contribution in [0.1, 0.15) is 31.1 Å². The van der Waals surface area contributed by atoms with Crippen LogP contribution in [0.15, 0.2) is 21.4 Å². The summed E-state index contributed by atoms with van der Waals surface area (Å²) in [5.74, 6) is -0.420. The van der Waals surface area contributed by atoms with Gasteiger partial charge < -0.3 is 14.6 Å². The molecular weight excluding hydrogens is 300 g/mol. The van der Waals surface area contributed by atoms with E-state index in [4.69, 9.17) is 4.42 Å². The summed E-state index contributed by atoms with van der Waals surface area (Å²) >= 11 is 3.13. The van der Waals surface area contributed by atoms with Gasteiger partial charge in [-0.25, -0.2) is 0 Å². The zero-order valence-corrected chi connectivity index (χ0v) is 12.3. The Morgan fingerprint density at radius 3 is 2.50 bits per heavy atom. The van der Waals surface area contributed by atoms with Gasteiger partial charge in [-0.05, 0) is 42.8 Å². The van der Waals surface area contributed by atoms with Crippen LogP contribution in [-0.4, -0.2) is 35.8 Å². The third-order valence-electron chi connectivity index (χ3n) is 2.66. The zero-order valence-electron chi connectivity index (χ0n) is 10.7. The Balaban J connectivity index is 2.65. The highest BCUT2D eigenvalue weighted by Gasteiger charge is 2.22. The van der Waals surface area contributed by atoms with E-state index in [0.29, 0.717) is 23.3 Å². The molecule has 0 saturated heterocycles. The maximum absolute atomic E-state index is 12.0. The number of hydrogen-bond acceptors (Lipinski definition) is 3. The standard InChI is InChI=1S/C12H17BrN2O3/c1-4-15(5-2)12(17)8(3)14-11(16)9-6-7-18-10(9)13/h6-8H,4-5H2,1-3H3,(H,14,16). The monoisotopic (exact) mass is 316 g/mol. The molecule has 100 valence electrons. The van der Waals surface area contributed by atoms with E-state index in [2.05, 4.69) is 21.2 Å². The number of nitrogens with one attached hydrogen (secondary N) is 1. The molecule has 1 aromatic heterocycles. The summed E-state index contributed by atoms with van der Waals surface area (Å²) in [5, 5.41) is 2.65. The minimum atomic E-state index is -0.556. The number of carbonyl (C=O) groups excluding carboxylic acids is 2. The molecule has 0 aliphatic carbocycles. The molecule has 6 heteroatoms. The smallest absolute Gasteiger partial charge is 0.256 e. The third-order valence-corrected chi connectivity index (χ3v) is 3.27. The molecule has 0 saturated carbocycles. The van der Waals surface area contributed by atoms with Gasteiger partial charge in [-0.1, -0.05) is 0 Å². The molecule has 0 radical (unpaired) electrons. The van der Waals surface area contributed by atoms with E-state index >= 15 is 0 Å². The van der Waals surface area contributed by atoms with Crippen LogP contribution in [-0.2, 0) is 4.79 Å². The molecule has 1 rings (SSSR count). The predicted molar refractivity (Wildman–Crippen MR) is 71.3 cm³/mol. The van der Waals surface area contributed by atoms with E-state index in [9.17, 15) is 9.59 Å². The molecule has 5 nitrogen and oxygen atoms in total. The van der Waals surface area contributed by atoms with Gasteiger partial charge in [0.2, 0.25) is 5.91 Å². The van der Waals surface area contributed by atoms with Gasteiger partial charge in [-0.2, -0.15) is 0 Å². The van der Waals surface area contributed by atoms with Gasteiger partial charge in [-0.15, -0.1) is 0 Å². The van der Waals surface area contributed by atoms with Crippen molar-refractivity contribution in [1.82, 2.24) is 10.2 Å². The molecule has 2 amide bonds.